The Labute approximate surface area is 86.0 Å². The van der Waals surface area contributed by atoms with Gasteiger partial charge in [-0.15, -0.1) is 0 Å². The normalized spacial score (nSPS) is 19.0. The molecule has 1 fully saturated rings. The zero-order valence-corrected chi connectivity index (χ0v) is 9.42. The van der Waals surface area contributed by atoms with Crippen molar-refractivity contribution in [3.63, 3.8) is 0 Å². The molecule has 2 amide bonds. The van der Waals surface area contributed by atoms with E-state index in [1.54, 1.807) is 4.90 Å². The van der Waals surface area contributed by atoms with Crippen molar-refractivity contribution in [1.82, 2.24) is 9.80 Å². The van der Waals surface area contributed by atoms with Gasteiger partial charge < -0.3 is 15.5 Å². The quantitative estimate of drug-likeness (QED) is 0.733. The molecule has 0 atom stereocenters. The van der Waals surface area contributed by atoms with Crippen LogP contribution in [0.1, 0.15) is 26.7 Å². The number of likely N-dealkylation sites (tertiary alicyclic amines) is 1. The number of urea groups is 1. The van der Waals surface area contributed by atoms with Crippen molar-refractivity contribution >= 4 is 6.03 Å². The molecule has 0 aromatic heterocycles. The summed E-state index contributed by atoms with van der Waals surface area (Å²) in [6.45, 7) is 6.27. The average molecular weight is 199 g/mol. The minimum Gasteiger partial charge on any atom is -0.328 e. The van der Waals surface area contributed by atoms with Gasteiger partial charge in [-0.25, -0.2) is 4.79 Å². The summed E-state index contributed by atoms with van der Waals surface area (Å²) in [4.78, 5) is 15.2. The highest BCUT2D eigenvalue weighted by atomic mass is 16.2. The third-order valence-corrected chi connectivity index (χ3v) is 2.83. The molecule has 0 aromatic rings. The summed E-state index contributed by atoms with van der Waals surface area (Å²) < 4.78 is 0. The summed E-state index contributed by atoms with van der Waals surface area (Å²) in [5, 5.41) is 0. The van der Waals surface area contributed by atoms with Crippen LogP contribution in [-0.4, -0.2) is 48.1 Å². The third kappa shape index (κ3) is 2.18. The molecule has 4 heteroatoms. The molecule has 0 radical (unpaired) electrons. The molecule has 14 heavy (non-hydrogen) atoms. The molecular weight excluding hydrogens is 178 g/mol. The Balaban J connectivity index is 2.37. The molecule has 0 aromatic carbocycles. The Kier molecular flexibility index (Phi) is 3.37. The second-order valence-electron chi connectivity index (χ2n) is 4.27. The molecule has 0 saturated carbocycles. The lowest BCUT2D eigenvalue weighted by Crippen LogP contribution is -2.69. The molecular formula is C10H21N3O. The molecule has 1 saturated heterocycles. The van der Waals surface area contributed by atoms with Gasteiger partial charge in [0.2, 0.25) is 0 Å². The van der Waals surface area contributed by atoms with E-state index in [0.29, 0.717) is 13.1 Å². The van der Waals surface area contributed by atoms with Crippen LogP contribution in [0, 0.1) is 0 Å². The standard InChI is InChI=1S/C10H21N3O/c1-4-6-10(11)7-13(8-10)9(14)12(3)5-2/h4-8,11H2,1-3H3. The molecule has 0 bridgehead atoms. The number of amides is 2. The smallest absolute Gasteiger partial charge is 0.319 e. The molecule has 1 aliphatic heterocycles. The fourth-order valence-corrected chi connectivity index (χ4v) is 1.88. The Morgan fingerprint density at radius 3 is 2.50 bits per heavy atom. The van der Waals surface area contributed by atoms with Gasteiger partial charge in [0.25, 0.3) is 0 Å². The number of nitrogens with zero attached hydrogens (tertiary/aromatic N) is 2. The van der Waals surface area contributed by atoms with E-state index in [-0.39, 0.29) is 11.6 Å². The minimum atomic E-state index is -0.112. The first kappa shape index (κ1) is 11.3. The maximum Gasteiger partial charge on any atom is 0.319 e. The first-order valence-electron chi connectivity index (χ1n) is 5.31. The first-order chi connectivity index (χ1) is 6.52. The van der Waals surface area contributed by atoms with Crippen molar-refractivity contribution in [1.29, 1.82) is 0 Å². The zero-order chi connectivity index (χ0) is 10.8. The van der Waals surface area contributed by atoms with E-state index in [4.69, 9.17) is 5.73 Å². The van der Waals surface area contributed by atoms with Gasteiger partial charge in [0.05, 0.1) is 5.54 Å². The van der Waals surface area contributed by atoms with E-state index in [1.807, 2.05) is 18.9 Å². The average Bonchev–Trinajstić information content (AvgIpc) is 2.12. The van der Waals surface area contributed by atoms with Gasteiger partial charge in [-0.05, 0) is 13.3 Å². The largest absolute Gasteiger partial charge is 0.328 e. The van der Waals surface area contributed by atoms with Gasteiger partial charge in [0.15, 0.2) is 0 Å². The topological polar surface area (TPSA) is 49.6 Å². The number of nitrogens with two attached hydrogens (primary N) is 1. The van der Waals surface area contributed by atoms with Crippen LogP contribution in [0.15, 0.2) is 0 Å². The summed E-state index contributed by atoms with van der Waals surface area (Å²) in [5.74, 6) is 0. The van der Waals surface area contributed by atoms with E-state index < -0.39 is 0 Å². The predicted molar refractivity (Wildman–Crippen MR) is 57.1 cm³/mol. The molecule has 4 nitrogen and oxygen atoms in total. The van der Waals surface area contributed by atoms with Crippen LogP contribution in [0.2, 0.25) is 0 Å². The lowest BCUT2D eigenvalue weighted by Gasteiger charge is -2.48. The highest BCUT2D eigenvalue weighted by molar-refractivity contribution is 5.75. The van der Waals surface area contributed by atoms with Gasteiger partial charge in [0, 0.05) is 26.7 Å². The highest BCUT2D eigenvalue weighted by Gasteiger charge is 2.41. The number of hydrogen-bond acceptors (Lipinski definition) is 2. The van der Waals surface area contributed by atoms with Crippen LogP contribution in [0.3, 0.4) is 0 Å². The van der Waals surface area contributed by atoms with Crippen LogP contribution < -0.4 is 5.73 Å². The van der Waals surface area contributed by atoms with Crippen molar-refractivity contribution in [2.24, 2.45) is 5.73 Å². The first-order valence-corrected chi connectivity index (χ1v) is 5.31. The molecule has 0 unspecified atom stereocenters. The lowest BCUT2D eigenvalue weighted by atomic mass is 9.87. The maximum absolute atomic E-state index is 11.6. The number of carbonyl (C=O) groups is 1. The van der Waals surface area contributed by atoms with Gasteiger partial charge in [-0.2, -0.15) is 0 Å². The summed E-state index contributed by atoms with van der Waals surface area (Å²) in [6.07, 6.45) is 2.09. The molecule has 0 spiro atoms. The fourth-order valence-electron chi connectivity index (χ4n) is 1.88. The van der Waals surface area contributed by atoms with Crippen molar-refractivity contribution in [2.75, 3.05) is 26.7 Å². The second kappa shape index (κ2) is 4.17. The van der Waals surface area contributed by atoms with Gasteiger partial charge >= 0.3 is 6.03 Å². The van der Waals surface area contributed by atoms with Crippen LogP contribution in [0.25, 0.3) is 0 Å². The highest BCUT2D eigenvalue weighted by Crippen LogP contribution is 2.23. The molecule has 1 aliphatic rings. The third-order valence-electron chi connectivity index (χ3n) is 2.83. The second-order valence-corrected chi connectivity index (χ2v) is 4.27. The van der Waals surface area contributed by atoms with E-state index in [0.717, 1.165) is 19.4 Å². The Morgan fingerprint density at radius 2 is 2.07 bits per heavy atom. The lowest BCUT2D eigenvalue weighted by molar-refractivity contribution is 0.0721. The SMILES string of the molecule is CCCC1(N)CN(C(=O)N(C)CC)C1. The molecule has 1 rings (SSSR count). The van der Waals surface area contributed by atoms with Crippen LogP contribution in [-0.2, 0) is 0 Å². The summed E-state index contributed by atoms with van der Waals surface area (Å²) in [6, 6.07) is 0.102. The molecule has 1 heterocycles. The van der Waals surface area contributed by atoms with Gasteiger partial charge in [-0.3, -0.25) is 0 Å². The van der Waals surface area contributed by atoms with E-state index in [2.05, 4.69) is 6.92 Å². The Hall–Kier alpha value is -0.770. The number of rotatable bonds is 3. The van der Waals surface area contributed by atoms with E-state index >= 15 is 0 Å². The Bertz CT molecular complexity index is 211. The summed E-state index contributed by atoms with van der Waals surface area (Å²) >= 11 is 0. The van der Waals surface area contributed by atoms with E-state index in [1.165, 1.54) is 0 Å². The van der Waals surface area contributed by atoms with Crippen molar-refractivity contribution in [3.8, 4) is 0 Å². The van der Waals surface area contributed by atoms with Gasteiger partial charge in [0.1, 0.15) is 0 Å². The van der Waals surface area contributed by atoms with Crippen molar-refractivity contribution in [3.05, 3.63) is 0 Å². The van der Waals surface area contributed by atoms with Gasteiger partial charge in [-0.1, -0.05) is 13.3 Å². The van der Waals surface area contributed by atoms with Crippen LogP contribution in [0.5, 0.6) is 0 Å². The molecule has 0 aliphatic carbocycles. The monoisotopic (exact) mass is 199 g/mol. The zero-order valence-electron chi connectivity index (χ0n) is 9.42. The predicted octanol–water partition coefficient (Wildman–Crippen LogP) is 0.871. The van der Waals surface area contributed by atoms with Crippen molar-refractivity contribution in [2.45, 2.75) is 32.2 Å². The summed E-state index contributed by atoms with van der Waals surface area (Å²) in [5.41, 5.74) is 5.96. The maximum atomic E-state index is 11.6. The van der Waals surface area contributed by atoms with Crippen LogP contribution in [0.4, 0.5) is 4.79 Å². The Morgan fingerprint density at radius 1 is 1.50 bits per heavy atom. The van der Waals surface area contributed by atoms with E-state index in [9.17, 15) is 4.79 Å². The number of carbonyl (C=O) groups excluding carboxylic acids is 1. The summed E-state index contributed by atoms with van der Waals surface area (Å²) in [7, 11) is 1.82. The molecule has 2 N–H and O–H groups in total. The fraction of sp³-hybridized carbons (Fsp3) is 0.900. The molecule has 82 valence electrons. The minimum absolute atomic E-state index is 0.102. The van der Waals surface area contributed by atoms with Crippen LogP contribution >= 0.6 is 0 Å². The number of hydrogen-bond donors (Lipinski definition) is 1. The van der Waals surface area contributed by atoms with Crippen molar-refractivity contribution < 1.29 is 4.79 Å².